The van der Waals surface area contributed by atoms with Gasteiger partial charge in [-0.05, 0) is 32.3 Å². The van der Waals surface area contributed by atoms with Crippen LogP contribution in [-0.4, -0.2) is 23.8 Å². The van der Waals surface area contributed by atoms with Crippen LogP contribution in [-0.2, 0) is 9.30 Å². The van der Waals surface area contributed by atoms with Crippen LogP contribution in [0.2, 0.25) is 0 Å². The number of epoxide rings is 1. The van der Waals surface area contributed by atoms with Crippen molar-refractivity contribution in [2.45, 2.75) is 36.6 Å². The molecule has 1 aliphatic carbocycles. The van der Waals surface area contributed by atoms with Gasteiger partial charge in [0.1, 0.15) is 18.1 Å². The molecule has 3 fully saturated rings. The van der Waals surface area contributed by atoms with E-state index in [1.165, 1.54) is 12.8 Å². The molecule has 2 heterocycles. The van der Waals surface area contributed by atoms with Crippen LogP contribution in [0.3, 0.4) is 0 Å². The lowest BCUT2D eigenvalue weighted by atomic mass is 10.1. The molecule has 0 amide bonds. The summed E-state index contributed by atoms with van der Waals surface area (Å²) in [5.74, 6) is 0. The Bertz CT molecular complexity index is 267. The maximum Gasteiger partial charge on any atom is 0.150 e. The smallest absolute Gasteiger partial charge is 0.150 e. The topological polar surface area (TPSA) is 29.6 Å². The quantitative estimate of drug-likeness (QED) is 0.413. The van der Waals surface area contributed by atoms with Gasteiger partial charge in [-0.25, -0.2) is 0 Å². The van der Waals surface area contributed by atoms with Crippen LogP contribution in [0.5, 0.6) is 0 Å². The van der Waals surface area contributed by atoms with E-state index in [9.17, 15) is 4.57 Å². The first-order valence-electron chi connectivity index (χ1n) is 4.39. The monoisotopic (exact) mass is 172 g/mol. The average Bonchev–Trinajstić information content (AvgIpc) is 2.41. The van der Waals surface area contributed by atoms with E-state index in [0.29, 0.717) is 0 Å². The fraction of sp³-hybridized carbons (Fsp3) is 1.00. The van der Waals surface area contributed by atoms with Crippen molar-refractivity contribution in [1.82, 2.24) is 0 Å². The molecule has 0 spiro atoms. The highest BCUT2D eigenvalue weighted by atomic mass is 31.2. The molecular formula is C8H13O2P. The zero-order valence-corrected chi connectivity index (χ0v) is 7.69. The maximum absolute atomic E-state index is 12.1. The van der Waals surface area contributed by atoms with Crippen LogP contribution < -0.4 is 0 Å². The van der Waals surface area contributed by atoms with Gasteiger partial charge in [-0.1, -0.05) is 0 Å². The van der Waals surface area contributed by atoms with E-state index >= 15 is 0 Å². The van der Waals surface area contributed by atoms with Crippen molar-refractivity contribution >= 4 is 7.14 Å². The Morgan fingerprint density at radius 3 is 2.82 bits per heavy atom. The lowest BCUT2D eigenvalue weighted by Crippen LogP contribution is -2.10. The van der Waals surface area contributed by atoms with Crippen molar-refractivity contribution in [3.8, 4) is 0 Å². The minimum atomic E-state index is -1.92. The summed E-state index contributed by atoms with van der Waals surface area (Å²) in [6, 6.07) is 0. The Hall–Kier alpha value is 0.190. The van der Waals surface area contributed by atoms with Gasteiger partial charge in [0.05, 0.1) is 0 Å². The fourth-order valence-electron chi connectivity index (χ4n) is 3.15. The fourth-order valence-corrected chi connectivity index (χ4v) is 6.38. The molecule has 0 radical (unpaired) electrons. The van der Waals surface area contributed by atoms with Gasteiger partial charge < -0.3 is 9.30 Å². The summed E-state index contributed by atoms with van der Waals surface area (Å²) in [4.78, 5) is 0. The first-order chi connectivity index (χ1) is 5.12. The largest absolute Gasteiger partial charge is 0.354 e. The molecule has 3 rings (SSSR count). The molecule has 0 aromatic carbocycles. The molecule has 0 aromatic heterocycles. The van der Waals surface area contributed by atoms with Crippen molar-refractivity contribution in [2.75, 3.05) is 12.8 Å². The molecule has 0 bridgehead atoms. The lowest BCUT2D eigenvalue weighted by Gasteiger charge is -2.15. The first-order valence-corrected chi connectivity index (χ1v) is 6.73. The van der Waals surface area contributed by atoms with Crippen LogP contribution in [0, 0.1) is 0 Å². The summed E-state index contributed by atoms with van der Waals surface area (Å²) < 4.78 is 17.8. The summed E-state index contributed by atoms with van der Waals surface area (Å²) >= 11 is 0. The highest BCUT2D eigenvalue weighted by molar-refractivity contribution is 7.65. The summed E-state index contributed by atoms with van der Waals surface area (Å²) in [6.45, 7) is 1.94. The minimum absolute atomic E-state index is 0.0972. The third kappa shape index (κ3) is 0.494. The van der Waals surface area contributed by atoms with E-state index < -0.39 is 7.14 Å². The van der Waals surface area contributed by atoms with Crippen molar-refractivity contribution < 1.29 is 9.30 Å². The van der Waals surface area contributed by atoms with E-state index in [4.69, 9.17) is 4.74 Å². The predicted octanol–water partition coefficient (Wildman–Crippen LogP) is 2.03. The minimum Gasteiger partial charge on any atom is -0.354 e. The first kappa shape index (κ1) is 6.68. The molecule has 11 heavy (non-hydrogen) atoms. The van der Waals surface area contributed by atoms with Crippen LogP contribution >= 0.6 is 7.14 Å². The highest BCUT2D eigenvalue weighted by Gasteiger charge is 2.81. The van der Waals surface area contributed by atoms with Gasteiger partial charge in [0.25, 0.3) is 0 Å². The Kier molecular flexibility index (Phi) is 0.893. The molecule has 0 unspecified atom stereocenters. The van der Waals surface area contributed by atoms with Gasteiger partial charge in [-0.15, -0.1) is 0 Å². The molecule has 3 heteroatoms. The molecule has 62 valence electrons. The third-order valence-electron chi connectivity index (χ3n) is 3.84. The summed E-state index contributed by atoms with van der Waals surface area (Å²) in [7, 11) is -1.92. The number of ether oxygens (including phenoxy) is 1. The van der Waals surface area contributed by atoms with Crippen molar-refractivity contribution in [3.05, 3.63) is 0 Å². The van der Waals surface area contributed by atoms with E-state index in [0.717, 1.165) is 19.0 Å². The molecule has 2 nitrogen and oxygen atoms in total. The molecule has 0 aromatic rings. The van der Waals surface area contributed by atoms with Crippen LogP contribution in [0.4, 0.5) is 0 Å². The number of hydrogen-bond acceptors (Lipinski definition) is 2. The molecule has 1 saturated carbocycles. The lowest BCUT2D eigenvalue weighted by molar-refractivity contribution is 0.228. The average molecular weight is 172 g/mol. The summed E-state index contributed by atoms with van der Waals surface area (Å²) in [5, 5.41) is -0.0972. The molecule has 3 aliphatic rings. The van der Waals surface area contributed by atoms with Crippen LogP contribution in [0.25, 0.3) is 0 Å². The Morgan fingerprint density at radius 1 is 1.36 bits per heavy atom. The Labute approximate surface area is 66.7 Å². The van der Waals surface area contributed by atoms with Crippen molar-refractivity contribution in [3.63, 3.8) is 0 Å². The van der Waals surface area contributed by atoms with Gasteiger partial charge in [0.2, 0.25) is 0 Å². The van der Waals surface area contributed by atoms with E-state index in [-0.39, 0.29) is 10.9 Å². The zero-order valence-electron chi connectivity index (χ0n) is 6.80. The van der Waals surface area contributed by atoms with Crippen molar-refractivity contribution in [1.29, 1.82) is 0 Å². The second kappa shape index (κ2) is 1.47. The summed E-state index contributed by atoms with van der Waals surface area (Å²) in [6.07, 6.45) is 5.48. The zero-order chi connectivity index (χ0) is 7.74. The van der Waals surface area contributed by atoms with Crippen molar-refractivity contribution in [2.24, 2.45) is 0 Å². The van der Waals surface area contributed by atoms with Crippen LogP contribution in [0.1, 0.15) is 25.7 Å². The maximum atomic E-state index is 12.1. The molecule has 3 atom stereocenters. The van der Waals surface area contributed by atoms with E-state index in [2.05, 4.69) is 0 Å². The molecular weight excluding hydrogens is 159 g/mol. The van der Waals surface area contributed by atoms with E-state index in [1.54, 1.807) is 0 Å². The van der Waals surface area contributed by atoms with Gasteiger partial charge in [0, 0.05) is 6.16 Å². The second-order valence-electron chi connectivity index (χ2n) is 4.31. The molecule has 2 aliphatic heterocycles. The standard InChI is InChI=1S/C8H13O2P/c1-11(9)6-5-7-3-2-4-8(7,11)10-7/h2-6H2,1H3/t7-,8+,11+/m1/s1. The van der Waals surface area contributed by atoms with Gasteiger partial charge in [0.15, 0.2) is 0 Å². The van der Waals surface area contributed by atoms with Gasteiger partial charge >= 0.3 is 0 Å². The predicted molar refractivity (Wildman–Crippen MR) is 43.4 cm³/mol. The molecule has 0 N–H and O–H groups in total. The molecule has 2 saturated heterocycles. The number of hydrogen-bond donors (Lipinski definition) is 0. The normalized spacial score (nSPS) is 65.9. The summed E-state index contributed by atoms with van der Waals surface area (Å²) in [5.41, 5.74) is 0.122. The van der Waals surface area contributed by atoms with E-state index in [1.807, 2.05) is 6.66 Å². The van der Waals surface area contributed by atoms with Crippen LogP contribution in [0.15, 0.2) is 0 Å². The Morgan fingerprint density at radius 2 is 2.18 bits per heavy atom. The SMILES string of the molecule is C[P@]1(=O)CC[C@]23CCC[C@@]21O3. The second-order valence-corrected chi connectivity index (χ2v) is 7.68. The van der Waals surface area contributed by atoms with Gasteiger partial charge in [-0.2, -0.15) is 0 Å². The van der Waals surface area contributed by atoms with Gasteiger partial charge in [-0.3, -0.25) is 0 Å². The third-order valence-corrected chi connectivity index (χ3v) is 7.16. The number of rotatable bonds is 0. The highest BCUT2D eigenvalue weighted by Crippen LogP contribution is 2.83. The Balaban J connectivity index is 2.14.